The summed E-state index contributed by atoms with van der Waals surface area (Å²) in [6.45, 7) is 0.309. The van der Waals surface area contributed by atoms with Gasteiger partial charge in [-0.25, -0.2) is 4.99 Å². The van der Waals surface area contributed by atoms with Gasteiger partial charge >= 0.3 is 6.18 Å². The molecule has 1 unspecified atom stereocenters. The van der Waals surface area contributed by atoms with E-state index in [1.807, 2.05) is 30.3 Å². The number of primary amides is 1. The van der Waals surface area contributed by atoms with Crippen molar-refractivity contribution in [3.63, 3.8) is 0 Å². The molecule has 4 N–H and O–H groups in total. The van der Waals surface area contributed by atoms with Gasteiger partial charge in [0.2, 0.25) is 11.8 Å². The average Bonchev–Trinajstić information content (AvgIpc) is 3.21. The summed E-state index contributed by atoms with van der Waals surface area (Å²) in [6.07, 6.45) is -3.25. The third-order valence-corrected chi connectivity index (χ3v) is 5.76. The number of alkyl halides is 3. The van der Waals surface area contributed by atoms with Gasteiger partial charge in [0.05, 0.1) is 24.2 Å². The van der Waals surface area contributed by atoms with Crippen molar-refractivity contribution in [3.05, 3.63) is 82.8 Å². The number of hydrogen-bond donors (Lipinski definition) is 3. The molecule has 1 saturated heterocycles. The van der Waals surface area contributed by atoms with E-state index in [4.69, 9.17) is 5.73 Å². The van der Waals surface area contributed by atoms with Gasteiger partial charge in [-0.15, -0.1) is 0 Å². The normalized spacial score (nSPS) is 17.8. The van der Waals surface area contributed by atoms with E-state index in [9.17, 15) is 22.8 Å². The smallest absolute Gasteiger partial charge is 0.380 e. The van der Waals surface area contributed by atoms with E-state index in [0.29, 0.717) is 35.8 Å². The third kappa shape index (κ3) is 5.38. The van der Waals surface area contributed by atoms with Crippen molar-refractivity contribution in [2.24, 2.45) is 10.7 Å². The van der Waals surface area contributed by atoms with Gasteiger partial charge in [-0.1, -0.05) is 42.5 Å². The van der Waals surface area contributed by atoms with Crippen LogP contribution in [0, 0.1) is 0 Å². The number of benzene rings is 2. The number of hydrogen-bond acceptors (Lipinski definition) is 5. The van der Waals surface area contributed by atoms with Crippen molar-refractivity contribution >= 4 is 17.6 Å². The van der Waals surface area contributed by atoms with Crippen molar-refractivity contribution in [1.29, 1.82) is 0 Å². The number of nitrogens with zero attached hydrogens (tertiary/aromatic N) is 2. The van der Waals surface area contributed by atoms with E-state index in [0.717, 1.165) is 17.7 Å². The number of carbonyl (C=O) groups is 2. The lowest BCUT2D eigenvalue weighted by Crippen LogP contribution is -2.47. The van der Waals surface area contributed by atoms with Crippen LogP contribution in [0.5, 0.6) is 0 Å². The van der Waals surface area contributed by atoms with Crippen molar-refractivity contribution in [1.82, 2.24) is 15.5 Å². The van der Waals surface area contributed by atoms with E-state index in [-0.39, 0.29) is 25.4 Å². The van der Waals surface area contributed by atoms with Gasteiger partial charge in [0, 0.05) is 13.0 Å². The van der Waals surface area contributed by atoms with Gasteiger partial charge in [-0.3, -0.25) is 9.59 Å². The number of halogens is 3. The Bertz CT molecular complexity index is 1140. The van der Waals surface area contributed by atoms with Gasteiger partial charge in [0.25, 0.3) is 0 Å². The van der Waals surface area contributed by atoms with Crippen LogP contribution in [0.4, 0.5) is 13.2 Å². The number of aliphatic imine (C=N–C) groups is 1. The molecule has 0 aromatic heterocycles. The van der Waals surface area contributed by atoms with Crippen LogP contribution < -0.4 is 16.4 Å². The first-order valence-electron chi connectivity index (χ1n) is 10.8. The highest BCUT2D eigenvalue weighted by Gasteiger charge is 2.37. The first-order valence-corrected chi connectivity index (χ1v) is 10.8. The third-order valence-electron chi connectivity index (χ3n) is 5.76. The van der Waals surface area contributed by atoms with Crippen LogP contribution >= 0.6 is 0 Å². The fourth-order valence-corrected chi connectivity index (χ4v) is 4.07. The summed E-state index contributed by atoms with van der Waals surface area (Å²) in [6, 6.07) is 13.7. The lowest BCUT2D eigenvalue weighted by atomic mass is 10.1. The number of amides is 2. The number of amidine groups is 1. The maximum Gasteiger partial charge on any atom is 0.416 e. The molecule has 1 fully saturated rings. The second-order valence-corrected chi connectivity index (χ2v) is 8.20. The Balaban J connectivity index is 1.55. The topological polar surface area (TPSA) is 99.8 Å². The Kier molecular flexibility index (Phi) is 6.58. The van der Waals surface area contributed by atoms with Gasteiger partial charge in [0.15, 0.2) is 5.82 Å². The molecule has 2 heterocycles. The SMILES string of the molecule is NC(=O)C1CCC2=NC(NC(=O)Cc3ccccc3)=C(NCc3cccc(C(F)(F)F)c3)CN21. The number of fused-ring (bicyclic) bond motifs is 1. The maximum absolute atomic E-state index is 13.1. The molecule has 0 bridgehead atoms. The lowest BCUT2D eigenvalue weighted by Gasteiger charge is -2.31. The zero-order valence-corrected chi connectivity index (χ0v) is 18.2. The molecule has 0 radical (unpaired) electrons. The van der Waals surface area contributed by atoms with Crippen molar-refractivity contribution in [2.45, 2.75) is 38.0 Å². The molecule has 2 amide bonds. The van der Waals surface area contributed by atoms with Crippen LogP contribution in [0.2, 0.25) is 0 Å². The van der Waals surface area contributed by atoms with Gasteiger partial charge < -0.3 is 21.3 Å². The summed E-state index contributed by atoms with van der Waals surface area (Å²) in [4.78, 5) is 30.8. The van der Waals surface area contributed by atoms with Crippen LogP contribution in [0.1, 0.15) is 29.5 Å². The van der Waals surface area contributed by atoms with Gasteiger partial charge in [-0.2, -0.15) is 13.2 Å². The zero-order valence-electron chi connectivity index (χ0n) is 18.2. The second-order valence-electron chi connectivity index (χ2n) is 8.20. The molecule has 10 heteroatoms. The van der Waals surface area contributed by atoms with E-state index < -0.39 is 23.7 Å². The first kappa shape index (κ1) is 23.3. The molecular weight excluding hydrogens is 447 g/mol. The fourth-order valence-electron chi connectivity index (χ4n) is 4.07. The molecule has 2 aromatic carbocycles. The second kappa shape index (κ2) is 9.58. The van der Waals surface area contributed by atoms with E-state index in [1.54, 1.807) is 11.0 Å². The highest BCUT2D eigenvalue weighted by atomic mass is 19.4. The molecule has 4 rings (SSSR count). The molecule has 178 valence electrons. The maximum atomic E-state index is 13.1. The van der Waals surface area contributed by atoms with Gasteiger partial charge in [-0.05, 0) is 29.7 Å². The van der Waals surface area contributed by atoms with Crippen LogP contribution in [-0.4, -0.2) is 35.1 Å². The summed E-state index contributed by atoms with van der Waals surface area (Å²) >= 11 is 0. The predicted molar refractivity (Wildman–Crippen MR) is 120 cm³/mol. The molecule has 2 aliphatic heterocycles. The Morgan fingerprint density at radius 2 is 1.82 bits per heavy atom. The minimum absolute atomic E-state index is 0.0806. The molecule has 2 aromatic rings. The summed E-state index contributed by atoms with van der Waals surface area (Å²) in [5.41, 5.74) is 6.53. The Labute approximate surface area is 194 Å². The van der Waals surface area contributed by atoms with Crippen molar-refractivity contribution < 1.29 is 22.8 Å². The van der Waals surface area contributed by atoms with Crippen LogP contribution in [0.3, 0.4) is 0 Å². The number of nitrogens with one attached hydrogen (secondary N) is 2. The quantitative estimate of drug-likeness (QED) is 0.578. The van der Waals surface area contributed by atoms with Crippen molar-refractivity contribution in [2.75, 3.05) is 6.54 Å². The zero-order chi connectivity index (χ0) is 24.3. The van der Waals surface area contributed by atoms with Crippen LogP contribution in [0.25, 0.3) is 0 Å². The van der Waals surface area contributed by atoms with Crippen LogP contribution in [-0.2, 0) is 28.7 Å². The average molecular weight is 471 g/mol. The Hall–Kier alpha value is -3.82. The van der Waals surface area contributed by atoms with E-state index in [1.165, 1.54) is 6.07 Å². The molecule has 0 aliphatic carbocycles. The predicted octanol–water partition coefficient (Wildman–Crippen LogP) is 2.68. The molecule has 2 aliphatic rings. The highest BCUT2D eigenvalue weighted by Crippen LogP contribution is 2.30. The minimum atomic E-state index is -4.44. The molecule has 0 saturated carbocycles. The number of carbonyl (C=O) groups excluding carboxylic acids is 2. The standard InChI is InChI=1S/C24H24F3N5O2/c25-24(26,27)17-8-4-7-16(11-17)13-29-18-14-32-19(22(28)34)9-10-20(32)30-23(18)31-21(33)12-15-5-2-1-3-6-15/h1-8,11,19,29H,9-10,12-14H2,(H2,28,34)(H,31,33). The fraction of sp³-hybridized carbons (Fsp3) is 0.292. The lowest BCUT2D eigenvalue weighted by molar-refractivity contribution is -0.137. The summed E-state index contributed by atoms with van der Waals surface area (Å²) in [7, 11) is 0. The van der Waals surface area contributed by atoms with Crippen LogP contribution in [0.15, 0.2) is 71.1 Å². The molecular formula is C24H24F3N5O2. The first-order chi connectivity index (χ1) is 16.2. The monoisotopic (exact) mass is 471 g/mol. The molecule has 0 spiro atoms. The highest BCUT2D eigenvalue weighted by molar-refractivity contribution is 5.94. The van der Waals surface area contributed by atoms with Crippen molar-refractivity contribution in [3.8, 4) is 0 Å². The molecule has 1 atom stereocenters. The molecule has 7 nitrogen and oxygen atoms in total. The summed E-state index contributed by atoms with van der Waals surface area (Å²) in [5.74, 6) is 0.188. The van der Waals surface area contributed by atoms with E-state index in [2.05, 4.69) is 15.6 Å². The number of rotatable bonds is 7. The Morgan fingerprint density at radius 1 is 1.09 bits per heavy atom. The summed E-state index contributed by atoms with van der Waals surface area (Å²) in [5, 5.41) is 5.92. The van der Waals surface area contributed by atoms with E-state index >= 15 is 0 Å². The largest absolute Gasteiger partial charge is 0.416 e. The van der Waals surface area contributed by atoms with Gasteiger partial charge in [0.1, 0.15) is 11.9 Å². The Morgan fingerprint density at radius 3 is 2.53 bits per heavy atom. The molecule has 34 heavy (non-hydrogen) atoms. The summed E-state index contributed by atoms with van der Waals surface area (Å²) < 4.78 is 39.2. The minimum Gasteiger partial charge on any atom is -0.380 e. The number of nitrogens with two attached hydrogens (primary N) is 1.